The maximum atomic E-state index is 6.10. The van der Waals surface area contributed by atoms with Crippen molar-refractivity contribution in [3.63, 3.8) is 0 Å². The third-order valence-electron chi connectivity index (χ3n) is 3.60. The van der Waals surface area contributed by atoms with Crippen LogP contribution in [0.2, 0.25) is 0 Å². The Bertz CT molecular complexity index is 609. The Labute approximate surface area is 121 Å². The summed E-state index contributed by atoms with van der Waals surface area (Å²) in [6.07, 6.45) is 0.0550. The Kier molecular flexibility index (Phi) is 3.23. The van der Waals surface area contributed by atoms with Gasteiger partial charge >= 0.3 is 0 Å². The van der Waals surface area contributed by atoms with E-state index in [0.29, 0.717) is 5.92 Å². The highest BCUT2D eigenvalue weighted by Gasteiger charge is 2.32. The van der Waals surface area contributed by atoms with E-state index in [1.54, 1.807) is 7.11 Å². The Morgan fingerprint density at radius 1 is 1.16 bits per heavy atom. The largest absolute Gasteiger partial charge is 0.497 e. The minimum absolute atomic E-state index is 0.0550. The summed E-state index contributed by atoms with van der Waals surface area (Å²) in [5.41, 5.74) is 2.41. The van der Waals surface area contributed by atoms with Crippen molar-refractivity contribution in [1.29, 1.82) is 0 Å². The molecule has 3 heteroatoms. The highest BCUT2D eigenvalue weighted by molar-refractivity contribution is 9.10. The predicted octanol–water partition coefficient (Wildman–Crippen LogP) is 4.69. The van der Waals surface area contributed by atoms with Crippen molar-refractivity contribution in [2.75, 3.05) is 7.11 Å². The lowest BCUT2D eigenvalue weighted by molar-refractivity contribution is 0.215. The first-order chi connectivity index (χ1) is 9.19. The minimum Gasteiger partial charge on any atom is -0.497 e. The summed E-state index contributed by atoms with van der Waals surface area (Å²) in [5, 5.41) is 0. The third-order valence-corrected chi connectivity index (χ3v) is 4.09. The lowest BCUT2D eigenvalue weighted by Crippen LogP contribution is -2.07. The summed E-state index contributed by atoms with van der Waals surface area (Å²) in [4.78, 5) is 0. The standard InChI is InChI=1S/C16H15BrO2/c1-10-14-7-6-12(17)9-15(14)19-16(10)11-4-3-5-13(8-11)18-2/h3-10,16H,1-2H3. The average molecular weight is 319 g/mol. The molecule has 0 saturated carbocycles. The molecule has 0 aliphatic carbocycles. The van der Waals surface area contributed by atoms with Gasteiger partial charge < -0.3 is 9.47 Å². The van der Waals surface area contributed by atoms with Gasteiger partial charge in [0.25, 0.3) is 0 Å². The first kappa shape index (κ1) is 12.5. The first-order valence-corrected chi connectivity index (χ1v) is 7.08. The van der Waals surface area contributed by atoms with Gasteiger partial charge in [-0.25, -0.2) is 0 Å². The number of fused-ring (bicyclic) bond motifs is 1. The summed E-state index contributed by atoms with van der Waals surface area (Å²) in [5.74, 6) is 2.18. The number of halogens is 1. The highest BCUT2D eigenvalue weighted by Crippen LogP contribution is 2.46. The molecule has 1 aliphatic rings. The van der Waals surface area contributed by atoms with Crippen molar-refractivity contribution >= 4 is 15.9 Å². The normalized spacial score (nSPS) is 20.8. The average Bonchev–Trinajstić information content (AvgIpc) is 2.75. The van der Waals surface area contributed by atoms with Crippen LogP contribution in [0.25, 0.3) is 0 Å². The van der Waals surface area contributed by atoms with E-state index >= 15 is 0 Å². The number of benzene rings is 2. The summed E-state index contributed by atoms with van der Waals surface area (Å²) in [6, 6.07) is 14.3. The van der Waals surface area contributed by atoms with Gasteiger partial charge in [-0.15, -0.1) is 0 Å². The number of methoxy groups -OCH3 is 1. The predicted molar refractivity (Wildman–Crippen MR) is 78.9 cm³/mol. The molecule has 2 aromatic rings. The minimum atomic E-state index is 0.0550. The second kappa shape index (κ2) is 4.89. The van der Waals surface area contributed by atoms with E-state index in [4.69, 9.17) is 9.47 Å². The molecule has 0 amide bonds. The molecule has 0 fully saturated rings. The van der Waals surface area contributed by atoms with Crippen molar-refractivity contribution in [2.24, 2.45) is 0 Å². The summed E-state index contributed by atoms with van der Waals surface area (Å²) in [7, 11) is 1.68. The molecule has 19 heavy (non-hydrogen) atoms. The zero-order valence-corrected chi connectivity index (χ0v) is 12.5. The van der Waals surface area contributed by atoms with E-state index in [-0.39, 0.29) is 6.10 Å². The van der Waals surface area contributed by atoms with E-state index in [9.17, 15) is 0 Å². The number of hydrogen-bond acceptors (Lipinski definition) is 2. The zero-order valence-electron chi connectivity index (χ0n) is 10.9. The van der Waals surface area contributed by atoms with Gasteiger partial charge in [0, 0.05) is 16.0 Å². The molecule has 0 aromatic heterocycles. The van der Waals surface area contributed by atoms with E-state index in [2.05, 4.69) is 41.1 Å². The molecule has 0 spiro atoms. The molecule has 2 atom stereocenters. The molecule has 0 saturated heterocycles. The Morgan fingerprint density at radius 2 is 2.00 bits per heavy atom. The maximum Gasteiger partial charge on any atom is 0.131 e. The fourth-order valence-electron chi connectivity index (χ4n) is 2.56. The van der Waals surface area contributed by atoms with Gasteiger partial charge in [0.15, 0.2) is 0 Å². The molecule has 0 radical (unpaired) electrons. The van der Waals surface area contributed by atoms with Crippen LogP contribution in [0.4, 0.5) is 0 Å². The van der Waals surface area contributed by atoms with Crippen molar-refractivity contribution in [3.05, 3.63) is 58.1 Å². The molecule has 2 unspecified atom stereocenters. The zero-order chi connectivity index (χ0) is 13.4. The summed E-state index contributed by atoms with van der Waals surface area (Å²) < 4.78 is 12.4. The Morgan fingerprint density at radius 3 is 2.79 bits per heavy atom. The maximum absolute atomic E-state index is 6.10. The van der Waals surface area contributed by atoms with Crippen LogP contribution in [0.1, 0.15) is 30.1 Å². The van der Waals surface area contributed by atoms with Crippen molar-refractivity contribution < 1.29 is 9.47 Å². The van der Waals surface area contributed by atoms with Crippen LogP contribution in [-0.2, 0) is 0 Å². The molecule has 1 aliphatic heterocycles. The van der Waals surface area contributed by atoms with Gasteiger partial charge in [0.2, 0.25) is 0 Å². The molecular formula is C16H15BrO2. The molecule has 0 bridgehead atoms. The molecule has 2 aromatic carbocycles. The Balaban J connectivity index is 1.96. The van der Waals surface area contributed by atoms with Gasteiger partial charge in [-0.2, -0.15) is 0 Å². The molecule has 0 N–H and O–H groups in total. The summed E-state index contributed by atoms with van der Waals surface area (Å²) in [6.45, 7) is 2.20. The van der Waals surface area contributed by atoms with Gasteiger partial charge in [0.05, 0.1) is 7.11 Å². The van der Waals surface area contributed by atoms with Crippen LogP contribution in [0.15, 0.2) is 46.9 Å². The smallest absolute Gasteiger partial charge is 0.131 e. The fourth-order valence-corrected chi connectivity index (χ4v) is 2.90. The molecule has 1 heterocycles. The number of ether oxygens (including phenoxy) is 2. The van der Waals surface area contributed by atoms with Gasteiger partial charge in [-0.05, 0) is 29.8 Å². The second-order valence-electron chi connectivity index (χ2n) is 4.79. The highest BCUT2D eigenvalue weighted by atomic mass is 79.9. The van der Waals surface area contributed by atoms with Gasteiger partial charge in [-0.3, -0.25) is 0 Å². The van der Waals surface area contributed by atoms with Crippen LogP contribution < -0.4 is 9.47 Å². The third kappa shape index (κ3) is 2.23. The first-order valence-electron chi connectivity index (χ1n) is 6.29. The van der Waals surface area contributed by atoms with E-state index in [1.165, 1.54) is 5.56 Å². The van der Waals surface area contributed by atoms with Crippen molar-refractivity contribution in [3.8, 4) is 11.5 Å². The van der Waals surface area contributed by atoms with Crippen LogP contribution in [-0.4, -0.2) is 7.11 Å². The lowest BCUT2D eigenvalue weighted by atomic mass is 9.93. The second-order valence-corrected chi connectivity index (χ2v) is 5.70. The van der Waals surface area contributed by atoms with Crippen LogP contribution in [0, 0.1) is 0 Å². The molecule has 2 nitrogen and oxygen atoms in total. The lowest BCUT2D eigenvalue weighted by Gasteiger charge is -2.16. The summed E-state index contributed by atoms with van der Waals surface area (Å²) >= 11 is 3.48. The monoisotopic (exact) mass is 318 g/mol. The van der Waals surface area contributed by atoms with Gasteiger partial charge in [0.1, 0.15) is 17.6 Å². The quantitative estimate of drug-likeness (QED) is 0.799. The number of hydrogen-bond donors (Lipinski definition) is 0. The van der Waals surface area contributed by atoms with E-state index in [0.717, 1.165) is 21.5 Å². The van der Waals surface area contributed by atoms with Crippen molar-refractivity contribution in [2.45, 2.75) is 18.9 Å². The fraction of sp³-hybridized carbons (Fsp3) is 0.250. The number of rotatable bonds is 2. The van der Waals surface area contributed by atoms with Crippen LogP contribution in [0.5, 0.6) is 11.5 Å². The SMILES string of the molecule is COc1cccc(C2Oc3cc(Br)ccc3C2C)c1. The molecular weight excluding hydrogens is 304 g/mol. The van der Waals surface area contributed by atoms with Crippen LogP contribution >= 0.6 is 15.9 Å². The van der Waals surface area contributed by atoms with Gasteiger partial charge in [-0.1, -0.05) is 41.1 Å². The van der Waals surface area contributed by atoms with E-state index in [1.807, 2.05) is 24.3 Å². The van der Waals surface area contributed by atoms with Crippen molar-refractivity contribution in [1.82, 2.24) is 0 Å². The van der Waals surface area contributed by atoms with Crippen LogP contribution in [0.3, 0.4) is 0 Å². The Hall–Kier alpha value is -1.48. The molecule has 3 rings (SSSR count). The van der Waals surface area contributed by atoms with E-state index < -0.39 is 0 Å². The topological polar surface area (TPSA) is 18.5 Å². The molecule has 98 valence electrons.